The summed E-state index contributed by atoms with van der Waals surface area (Å²) in [5, 5.41) is 2.85. The van der Waals surface area contributed by atoms with Crippen LogP contribution in [-0.2, 0) is 4.79 Å². The molecule has 1 rings (SSSR count). The number of nitrogens with one attached hydrogen (secondary N) is 1. The summed E-state index contributed by atoms with van der Waals surface area (Å²) in [6.07, 6.45) is 0. The quantitative estimate of drug-likeness (QED) is 0.527. The van der Waals surface area contributed by atoms with Crippen LogP contribution >= 0.6 is 0 Å². The van der Waals surface area contributed by atoms with Crippen molar-refractivity contribution >= 4 is 5.91 Å². The first-order valence-electron chi connectivity index (χ1n) is 3.94. The van der Waals surface area contributed by atoms with E-state index in [0.717, 1.165) is 13.1 Å². The zero-order chi connectivity index (χ0) is 8.27. The molecule has 0 radical (unpaired) electrons. The van der Waals surface area contributed by atoms with E-state index in [2.05, 4.69) is 10.2 Å². The topological polar surface area (TPSA) is 58.4 Å². The molecule has 3 N–H and O–H groups in total. The smallest absolute Gasteiger partial charge is 0.234 e. The zero-order valence-corrected chi connectivity index (χ0v) is 6.84. The molecule has 0 spiro atoms. The van der Waals surface area contributed by atoms with Crippen LogP contribution in [0.15, 0.2) is 0 Å². The van der Waals surface area contributed by atoms with E-state index < -0.39 is 0 Å². The average Bonchev–Trinajstić information content (AvgIpc) is 1.85. The normalized spacial score (nSPS) is 26.7. The number of nitrogens with two attached hydrogens (primary N) is 1. The molecular formula is C7H15N3O. The highest BCUT2D eigenvalue weighted by molar-refractivity contribution is 5.79. The number of hydrogen-bond donors (Lipinski definition) is 2. The lowest BCUT2D eigenvalue weighted by molar-refractivity contribution is -0.125. The van der Waals surface area contributed by atoms with Gasteiger partial charge in [-0.25, -0.2) is 0 Å². The van der Waals surface area contributed by atoms with Crippen molar-refractivity contribution in [2.75, 3.05) is 26.2 Å². The first-order chi connectivity index (χ1) is 5.22. The molecule has 0 aromatic heterocycles. The van der Waals surface area contributed by atoms with Gasteiger partial charge in [-0.1, -0.05) is 0 Å². The summed E-state index contributed by atoms with van der Waals surface area (Å²) in [5.41, 5.74) is 5.38. The summed E-state index contributed by atoms with van der Waals surface area (Å²) < 4.78 is 0. The van der Waals surface area contributed by atoms with E-state index in [0.29, 0.717) is 13.1 Å². The van der Waals surface area contributed by atoms with Crippen LogP contribution in [0.3, 0.4) is 0 Å². The fraction of sp³-hybridized carbons (Fsp3) is 0.857. The molecule has 4 heteroatoms. The Morgan fingerprint density at radius 2 is 2.55 bits per heavy atom. The highest BCUT2D eigenvalue weighted by atomic mass is 16.2. The predicted molar refractivity (Wildman–Crippen MR) is 43.1 cm³/mol. The Kier molecular flexibility index (Phi) is 2.84. The molecule has 1 heterocycles. The van der Waals surface area contributed by atoms with Gasteiger partial charge in [0.25, 0.3) is 0 Å². The van der Waals surface area contributed by atoms with Gasteiger partial charge < -0.3 is 11.1 Å². The molecule has 1 unspecified atom stereocenters. The van der Waals surface area contributed by atoms with Crippen LogP contribution in [-0.4, -0.2) is 43.0 Å². The van der Waals surface area contributed by atoms with E-state index in [1.54, 1.807) is 0 Å². The Hall–Kier alpha value is -0.610. The molecule has 0 aliphatic carbocycles. The summed E-state index contributed by atoms with van der Waals surface area (Å²) in [5.74, 6) is 0.109. The van der Waals surface area contributed by atoms with Crippen LogP contribution in [0.25, 0.3) is 0 Å². The molecule has 11 heavy (non-hydrogen) atoms. The zero-order valence-electron chi connectivity index (χ0n) is 6.84. The van der Waals surface area contributed by atoms with Crippen molar-refractivity contribution in [1.29, 1.82) is 0 Å². The van der Waals surface area contributed by atoms with Crippen molar-refractivity contribution in [2.24, 2.45) is 5.73 Å². The monoisotopic (exact) mass is 157 g/mol. The van der Waals surface area contributed by atoms with Gasteiger partial charge in [0.15, 0.2) is 0 Å². The number of rotatable bonds is 2. The Labute approximate surface area is 66.7 Å². The van der Waals surface area contributed by atoms with Gasteiger partial charge in [0.2, 0.25) is 5.91 Å². The lowest BCUT2D eigenvalue weighted by Crippen LogP contribution is -2.53. The van der Waals surface area contributed by atoms with Crippen LogP contribution < -0.4 is 11.1 Å². The van der Waals surface area contributed by atoms with E-state index in [1.165, 1.54) is 0 Å². The van der Waals surface area contributed by atoms with Gasteiger partial charge in [0, 0.05) is 25.7 Å². The summed E-state index contributed by atoms with van der Waals surface area (Å²) in [7, 11) is 0. The van der Waals surface area contributed by atoms with Gasteiger partial charge in [-0.05, 0) is 6.92 Å². The van der Waals surface area contributed by atoms with Gasteiger partial charge in [0.05, 0.1) is 6.54 Å². The molecule has 1 aliphatic rings. The maximum atomic E-state index is 11.0. The standard InChI is InChI=1S/C7H15N3O/c1-6-4-10(3-2-8)5-7(11)9-6/h6H,2-5,8H2,1H3,(H,9,11). The Bertz CT molecular complexity index is 149. The highest BCUT2D eigenvalue weighted by Crippen LogP contribution is 1.97. The number of piperazine rings is 1. The maximum Gasteiger partial charge on any atom is 0.234 e. The molecule has 0 saturated carbocycles. The van der Waals surface area contributed by atoms with E-state index >= 15 is 0 Å². The van der Waals surface area contributed by atoms with Gasteiger partial charge >= 0.3 is 0 Å². The van der Waals surface area contributed by atoms with Crippen molar-refractivity contribution in [3.63, 3.8) is 0 Å². The number of carbonyl (C=O) groups is 1. The van der Waals surface area contributed by atoms with E-state index in [9.17, 15) is 4.79 Å². The second-order valence-electron chi connectivity index (χ2n) is 2.99. The minimum atomic E-state index is 0.109. The van der Waals surface area contributed by atoms with Crippen molar-refractivity contribution < 1.29 is 4.79 Å². The summed E-state index contributed by atoms with van der Waals surface area (Å²) >= 11 is 0. The van der Waals surface area contributed by atoms with Gasteiger partial charge in [-0.3, -0.25) is 9.69 Å². The van der Waals surface area contributed by atoms with E-state index in [1.807, 2.05) is 6.92 Å². The third kappa shape index (κ3) is 2.48. The molecule has 1 saturated heterocycles. The second kappa shape index (κ2) is 3.69. The molecule has 1 fully saturated rings. The third-order valence-electron chi connectivity index (χ3n) is 1.75. The molecule has 0 aromatic carbocycles. The van der Waals surface area contributed by atoms with Crippen molar-refractivity contribution in [1.82, 2.24) is 10.2 Å². The number of nitrogens with zero attached hydrogens (tertiary/aromatic N) is 1. The molecule has 1 aliphatic heterocycles. The fourth-order valence-electron chi connectivity index (χ4n) is 1.37. The maximum absolute atomic E-state index is 11.0. The highest BCUT2D eigenvalue weighted by Gasteiger charge is 2.19. The van der Waals surface area contributed by atoms with Crippen molar-refractivity contribution in [3.8, 4) is 0 Å². The van der Waals surface area contributed by atoms with Gasteiger partial charge in [-0.15, -0.1) is 0 Å². The minimum Gasteiger partial charge on any atom is -0.351 e. The van der Waals surface area contributed by atoms with Crippen LogP contribution in [0, 0.1) is 0 Å². The molecule has 64 valence electrons. The molecule has 0 aromatic rings. The lowest BCUT2D eigenvalue weighted by atomic mass is 10.2. The largest absolute Gasteiger partial charge is 0.351 e. The van der Waals surface area contributed by atoms with Crippen LogP contribution in [0.4, 0.5) is 0 Å². The number of amides is 1. The average molecular weight is 157 g/mol. The number of hydrogen-bond acceptors (Lipinski definition) is 3. The van der Waals surface area contributed by atoms with E-state index in [-0.39, 0.29) is 11.9 Å². The third-order valence-corrected chi connectivity index (χ3v) is 1.75. The van der Waals surface area contributed by atoms with Crippen LogP contribution in [0.5, 0.6) is 0 Å². The Balaban J connectivity index is 2.36. The van der Waals surface area contributed by atoms with Gasteiger partial charge in [-0.2, -0.15) is 0 Å². The predicted octanol–water partition coefficient (Wildman–Crippen LogP) is -1.23. The molecule has 1 amide bonds. The summed E-state index contributed by atoms with van der Waals surface area (Å²) in [4.78, 5) is 13.0. The first-order valence-corrected chi connectivity index (χ1v) is 3.94. The molecule has 4 nitrogen and oxygen atoms in total. The fourth-order valence-corrected chi connectivity index (χ4v) is 1.37. The van der Waals surface area contributed by atoms with Crippen molar-refractivity contribution in [3.05, 3.63) is 0 Å². The first kappa shape index (κ1) is 8.49. The molecule has 0 bridgehead atoms. The number of carbonyl (C=O) groups excluding carboxylic acids is 1. The minimum absolute atomic E-state index is 0.109. The second-order valence-corrected chi connectivity index (χ2v) is 2.99. The van der Waals surface area contributed by atoms with E-state index in [4.69, 9.17) is 5.73 Å². The van der Waals surface area contributed by atoms with Crippen molar-refractivity contribution in [2.45, 2.75) is 13.0 Å². The lowest BCUT2D eigenvalue weighted by Gasteiger charge is -2.30. The Morgan fingerprint density at radius 1 is 1.82 bits per heavy atom. The van der Waals surface area contributed by atoms with Gasteiger partial charge in [0.1, 0.15) is 0 Å². The SMILES string of the molecule is CC1CN(CCN)CC(=O)N1. The van der Waals surface area contributed by atoms with Crippen LogP contribution in [0.1, 0.15) is 6.92 Å². The molecular weight excluding hydrogens is 142 g/mol. The summed E-state index contributed by atoms with van der Waals surface area (Å²) in [6.45, 7) is 4.86. The summed E-state index contributed by atoms with van der Waals surface area (Å²) in [6, 6.07) is 0.266. The molecule has 1 atom stereocenters. The van der Waals surface area contributed by atoms with Crippen LogP contribution in [0.2, 0.25) is 0 Å². The Morgan fingerprint density at radius 3 is 3.09 bits per heavy atom.